The summed E-state index contributed by atoms with van der Waals surface area (Å²) in [5, 5.41) is 9.15. The normalized spacial score (nSPS) is 23.0. The molecule has 0 saturated heterocycles. The lowest BCUT2D eigenvalue weighted by atomic mass is 9.99. The van der Waals surface area contributed by atoms with Gasteiger partial charge in [-0.15, -0.1) is 0 Å². The largest absolute Gasteiger partial charge is 0.484 e. The molecule has 2 rings (SSSR count). The number of fused-ring (bicyclic) bond motifs is 1. The molecule has 0 amide bonds. The molecule has 0 aliphatic carbocycles. The lowest BCUT2D eigenvalue weighted by Gasteiger charge is -2.23. The minimum Gasteiger partial charge on any atom is -0.484 e. The molecular formula is C12H15FO3. The van der Waals surface area contributed by atoms with Gasteiger partial charge in [0.05, 0.1) is 13.2 Å². The van der Waals surface area contributed by atoms with Crippen LogP contribution in [-0.4, -0.2) is 24.4 Å². The van der Waals surface area contributed by atoms with E-state index in [-0.39, 0.29) is 12.4 Å². The van der Waals surface area contributed by atoms with Crippen molar-refractivity contribution in [3.8, 4) is 5.75 Å². The Hall–Kier alpha value is -1.13. The predicted molar refractivity (Wildman–Crippen MR) is 56.9 cm³/mol. The average Bonchev–Trinajstić information content (AvgIpc) is 2.53. The average molecular weight is 226 g/mol. The van der Waals surface area contributed by atoms with Crippen molar-refractivity contribution in [1.82, 2.24) is 0 Å². The molecule has 1 aliphatic rings. The summed E-state index contributed by atoms with van der Waals surface area (Å²) in [6, 6.07) is 2.76. The molecule has 3 nitrogen and oxygen atoms in total. The summed E-state index contributed by atoms with van der Waals surface area (Å²) >= 11 is 0. The number of methoxy groups -OCH3 is 1. The van der Waals surface area contributed by atoms with Crippen LogP contribution >= 0.6 is 0 Å². The number of halogens is 1. The summed E-state index contributed by atoms with van der Waals surface area (Å²) < 4.78 is 24.1. The Morgan fingerprint density at radius 2 is 2.31 bits per heavy atom. The molecule has 1 aromatic rings. The molecule has 0 bridgehead atoms. The fourth-order valence-corrected chi connectivity index (χ4v) is 2.16. The van der Waals surface area contributed by atoms with Gasteiger partial charge in [0.1, 0.15) is 17.2 Å². The van der Waals surface area contributed by atoms with Crippen LogP contribution in [0.15, 0.2) is 12.1 Å². The van der Waals surface area contributed by atoms with Crippen LogP contribution in [-0.2, 0) is 17.8 Å². The van der Waals surface area contributed by atoms with E-state index in [0.29, 0.717) is 24.3 Å². The molecule has 1 N–H and O–H groups in total. The molecule has 4 heteroatoms. The molecule has 1 aliphatic heterocycles. The second kappa shape index (κ2) is 4.03. The standard InChI is InChI=1S/C12H15FO3/c1-12(7-15-2)5-8-3-10(13)4-9(6-14)11(8)16-12/h3-4,14H,5-7H2,1-2H3. The van der Waals surface area contributed by atoms with Gasteiger partial charge in [-0.3, -0.25) is 0 Å². The Balaban J connectivity index is 2.36. The summed E-state index contributed by atoms with van der Waals surface area (Å²) in [7, 11) is 1.60. The highest BCUT2D eigenvalue weighted by molar-refractivity contribution is 5.46. The Morgan fingerprint density at radius 1 is 1.56 bits per heavy atom. The van der Waals surface area contributed by atoms with Crippen LogP contribution in [0, 0.1) is 5.82 Å². The number of hydrogen-bond acceptors (Lipinski definition) is 3. The molecule has 88 valence electrons. The fourth-order valence-electron chi connectivity index (χ4n) is 2.16. The Bertz CT molecular complexity index is 405. The second-order valence-electron chi connectivity index (χ2n) is 4.37. The molecular weight excluding hydrogens is 211 g/mol. The quantitative estimate of drug-likeness (QED) is 0.851. The molecule has 1 heterocycles. The third-order valence-electron chi connectivity index (χ3n) is 2.74. The molecule has 0 aromatic heterocycles. The van der Waals surface area contributed by atoms with Crippen LogP contribution in [0.2, 0.25) is 0 Å². The molecule has 0 saturated carbocycles. The number of hydrogen-bond donors (Lipinski definition) is 1. The molecule has 1 aromatic carbocycles. The first-order chi connectivity index (χ1) is 7.58. The Kier molecular flexibility index (Phi) is 2.86. The van der Waals surface area contributed by atoms with Crippen LogP contribution in [0.3, 0.4) is 0 Å². The zero-order valence-corrected chi connectivity index (χ0v) is 9.42. The lowest BCUT2D eigenvalue weighted by Crippen LogP contribution is -2.35. The summed E-state index contributed by atoms with van der Waals surface area (Å²) in [6.07, 6.45) is 0.598. The Labute approximate surface area is 93.8 Å². The maximum absolute atomic E-state index is 13.2. The van der Waals surface area contributed by atoms with E-state index in [1.807, 2.05) is 6.92 Å². The third kappa shape index (κ3) is 1.90. The van der Waals surface area contributed by atoms with Crippen LogP contribution < -0.4 is 4.74 Å². The molecule has 0 fully saturated rings. The van der Waals surface area contributed by atoms with Gasteiger partial charge in [0.25, 0.3) is 0 Å². The highest BCUT2D eigenvalue weighted by atomic mass is 19.1. The number of ether oxygens (including phenoxy) is 2. The van der Waals surface area contributed by atoms with Crippen molar-refractivity contribution < 1.29 is 19.0 Å². The molecule has 1 unspecified atom stereocenters. The van der Waals surface area contributed by atoms with Gasteiger partial charge in [0, 0.05) is 24.7 Å². The maximum atomic E-state index is 13.2. The van der Waals surface area contributed by atoms with E-state index in [9.17, 15) is 4.39 Å². The Morgan fingerprint density at radius 3 is 2.94 bits per heavy atom. The minimum absolute atomic E-state index is 0.219. The number of aliphatic hydroxyl groups is 1. The summed E-state index contributed by atoms with van der Waals surface area (Å²) in [4.78, 5) is 0. The van der Waals surface area contributed by atoms with E-state index in [0.717, 1.165) is 5.56 Å². The van der Waals surface area contributed by atoms with Crippen molar-refractivity contribution in [1.29, 1.82) is 0 Å². The number of rotatable bonds is 3. The van der Waals surface area contributed by atoms with E-state index in [1.54, 1.807) is 7.11 Å². The zero-order valence-electron chi connectivity index (χ0n) is 9.42. The highest BCUT2D eigenvalue weighted by Crippen LogP contribution is 2.38. The topological polar surface area (TPSA) is 38.7 Å². The van der Waals surface area contributed by atoms with Gasteiger partial charge >= 0.3 is 0 Å². The first-order valence-electron chi connectivity index (χ1n) is 5.18. The number of aliphatic hydroxyl groups excluding tert-OH is 1. The van der Waals surface area contributed by atoms with Crippen molar-refractivity contribution in [3.63, 3.8) is 0 Å². The van der Waals surface area contributed by atoms with Crippen LogP contribution in [0.4, 0.5) is 4.39 Å². The van der Waals surface area contributed by atoms with Gasteiger partial charge < -0.3 is 14.6 Å². The lowest BCUT2D eigenvalue weighted by molar-refractivity contribution is 0.0194. The first-order valence-corrected chi connectivity index (χ1v) is 5.18. The van der Waals surface area contributed by atoms with Crippen LogP contribution in [0.5, 0.6) is 5.75 Å². The van der Waals surface area contributed by atoms with Gasteiger partial charge in [0.2, 0.25) is 0 Å². The van der Waals surface area contributed by atoms with Gasteiger partial charge in [-0.25, -0.2) is 4.39 Å². The molecule has 16 heavy (non-hydrogen) atoms. The van der Waals surface area contributed by atoms with E-state index in [1.165, 1.54) is 12.1 Å². The molecule has 0 radical (unpaired) electrons. The van der Waals surface area contributed by atoms with Crippen LogP contribution in [0.25, 0.3) is 0 Å². The van der Waals surface area contributed by atoms with Gasteiger partial charge in [0.15, 0.2) is 0 Å². The summed E-state index contributed by atoms with van der Waals surface area (Å²) in [5.74, 6) is 0.261. The fraction of sp³-hybridized carbons (Fsp3) is 0.500. The van der Waals surface area contributed by atoms with Crippen molar-refractivity contribution >= 4 is 0 Å². The smallest absolute Gasteiger partial charge is 0.134 e. The van der Waals surface area contributed by atoms with E-state index < -0.39 is 5.60 Å². The van der Waals surface area contributed by atoms with E-state index in [4.69, 9.17) is 14.6 Å². The van der Waals surface area contributed by atoms with Crippen molar-refractivity contribution in [3.05, 3.63) is 29.1 Å². The third-order valence-corrected chi connectivity index (χ3v) is 2.74. The van der Waals surface area contributed by atoms with E-state index >= 15 is 0 Å². The van der Waals surface area contributed by atoms with Crippen molar-refractivity contribution in [2.75, 3.05) is 13.7 Å². The summed E-state index contributed by atoms with van der Waals surface area (Å²) in [5.41, 5.74) is 0.827. The monoisotopic (exact) mass is 226 g/mol. The predicted octanol–water partition coefficient (Wildman–Crippen LogP) is 1.66. The number of benzene rings is 1. The van der Waals surface area contributed by atoms with Crippen molar-refractivity contribution in [2.45, 2.75) is 25.6 Å². The maximum Gasteiger partial charge on any atom is 0.134 e. The molecule has 1 atom stereocenters. The SMILES string of the molecule is COCC1(C)Cc2cc(F)cc(CO)c2O1. The van der Waals surface area contributed by atoms with Gasteiger partial charge in [-0.1, -0.05) is 0 Å². The molecule has 0 spiro atoms. The highest BCUT2D eigenvalue weighted by Gasteiger charge is 2.36. The second-order valence-corrected chi connectivity index (χ2v) is 4.37. The zero-order chi connectivity index (χ0) is 11.8. The summed E-state index contributed by atoms with van der Waals surface area (Å²) in [6.45, 7) is 2.13. The minimum atomic E-state index is -0.463. The first kappa shape index (κ1) is 11.4. The van der Waals surface area contributed by atoms with E-state index in [2.05, 4.69) is 0 Å². The van der Waals surface area contributed by atoms with Crippen LogP contribution in [0.1, 0.15) is 18.1 Å². The van der Waals surface area contributed by atoms with Gasteiger partial charge in [-0.2, -0.15) is 0 Å². The van der Waals surface area contributed by atoms with Gasteiger partial charge in [-0.05, 0) is 19.1 Å². The van der Waals surface area contributed by atoms with Crippen molar-refractivity contribution in [2.24, 2.45) is 0 Å².